The highest BCUT2D eigenvalue weighted by molar-refractivity contribution is 9.10. The lowest BCUT2D eigenvalue weighted by Gasteiger charge is -2.26. The fourth-order valence-corrected chi connectivity index (χ4v) is 3.18. The van der Waals surface area contributed by atoms with Crippen LogP contribution in [0.5, 0.6) is 11.5 Å². The number of benzene rings is 1. The number of piperidine rings is 1. The molecule has 0 atom stereocenters. The van der Waals surface area contributed by atoms with E-state index in [0.717, 1.165) is 28.7 Å². The summed E-state index contributed by atoms with van der Waals surface area (Å²) in [6.45, 7) is 7.13. The van der Waals surface area contributed by atoms with E-state index in [9.17, 15) is 4.79 Å². The Morgan fingerprint density at radius 3 is 2.77 bits per heavy atom. The number of rotatable bonds is 5. The standard InChI is InChI=1S/C17H22BrNO3/c1-4-19-7-6-15(20)13(11-19)8-12-9-14(18)17(21-3)16(10-12)22-5-2/h8-10H,4-7,11H2,1-3H3/b13-8+. The molecule has 0 bridgehead atoms. The van der Waals surface area contributed by atoms with Crippen molar-refractivity contribution in [3.05, 3.63) is 27.7 Å². The predicted octanol–water partition coefficient (Wildman–Crippen LogP) is 3.53. The van der Waals surface area contributed by atoms with Crippen LogP contribution in [-0.2, 0) is 4.79 Å². The normalized spacial score (nSPS) is 17.8. The molecule has 0 saturated carbocycles. The van der Waals surface area contributed by atoms with E-state index in [0.29, 0.717) is 31.1 Å². The first-order chi connectivity index (χ1) is 10.6. The Morgan fingerprint density at radius 1 is 1.36 bits per heavy atom. The lowest BCUT2D eigenvalue weighted by molar-refractivity contribution is -0.117. The third-order valence-electron chi connectivity index (χ3n) is 3.73. The number of ketones is 1. The molecule has 0 N–H and O–H groups in total. The summed E-state index contributed by atoms with van der Waals surface area (Å²) in [5.74, 6) is 1.59. The van der Waals surface area contributed by atoms with Gasteiger partial charge in [0.05, 0.1) is 18.2 Å². The maximum Gasteiger partial charge on any atom is 0.174 e. The Hall–Kier alpha value is -1.33. The van der Waals surface area contributed by atoms with Crippen molar-refractivity contribution in [2.75, 3.05) is 33.4 Å². The molecule has 1 fully saturated rings. The van der Waals surface area contributed by atoms with Crippen molar-refractivity contribution in [2.45, 2.75) is 20.3 Å². The smallest absolute Gasteiger partial charge is 0.174 e. The minimum atomic E-state index is 0.231. The number of likely N-dealkylation sites (tertiary alicyclic amines) is 1. The van der Waals surface area contributed by atoms with Crippen LogP contribution in [-0.4, -0.2) is 44.0 Å². The van der Waals surface area contributed by atoms with Gasteiger partial charge >= 0.3 is 0 Å². The molecule has 0 aliphatic carbocycles. The quantitative estimate of drug-likeness (QED) is 0.746. The van der Waals surface area contributed by atoms with E-state index in [1.807, 2.05) is 25.1 Å². The van der Waals surface area contributed by atoms with E-state index in [-0.39, 0.29) is 5.78 Å². The second-order valence-corrected chi connectivity index (χ2v) is 6.03. The van der Waals surface area contributed by atoms with Crippen molar-refractivity contribution in [3.8, 4) is 11.5 Å². The Morgan fingerprint density at radius 2 is 2.14 bits per heavy atom. The van der Waals surface area contributed by atoms with Crippen LogP contribution in [0.3, 0.4) is 0 Å². The van der Waals surface area contributed by atoms with E-state index in [2.05, 4.69) is 27.8 Å². The van der Waals surface area contributed by atoms with Gasteiger partial charge in [0.1, 0.15) is 0 Å². The van der Waals surface area contributed by atoms with Crippen LogP contribution in [0.25, 0.3) is 6.08 Å². The Labute approximate surface area is 140 Å². The molecule has 22 heavy (non-hydrogen) atoms. The molecule has 0 spiro atoms. The average molecular weight is 368 g/mol. The number of hydrogen-bond acceptors (Lipinski definition) is 4. The van der Waals surface area contributed by atoms with Crippen LogP contribution in [0.1, 0.15) is 25.8 Å². The monoisotopic (exact) mass is 367 g/mol. The summed E-state index contributed by atoms with van der Waals surface area (Å²) in [7, 11) is 1.62. The Balaban J connectivity index is 2.35. The Bertz CT molecular complexity index is 584. The van der Waals surface area contributed by atoms with E-state index in [4.69, 9.17) is 9.47 Å². The second kappa shape index (κ2) is 7.79. The molecule has 0 radical (unpaired) electrons. The van der Waals surface area contributed by atoms with Crippen LogP contribution in [0.4, 0.5) is 0 Å². The molecule has 1 heterocycles. The van der Waals surface area contributed by atoms with E-state index in [1.165, 1.54) is 0 Å². The molecule has 0 amide bonds. The van der Waals surface area contributed by atoms with Crippen molar-refractivity contribution in [1.29, 1.82) is 0 Å². The summed E-state index contributed by atoms with van der Waals surface area (Å²) in [4.78, 5) is 14.4. The zero-order chi connectivity index (χ0) is 16.1. The van der Waals surface area contributed by atoms with Crippen LogP contribution in [0.15, 0.2) is 22.2 Å². The molecule has 4 nitrogen and oxygen atoms in total. The summed E-state index contributed by atoms with van der Waals surface area (Å²) in [5.41, 5.74) is 1.80. The molecular weight excluding hydrogens is 346 g/mol. The summed E-state index contributed by atoms with van der Waals surface area (Å²) in [6, 6.07) is 3.87. The number of methoxy groups -OCH3 is 1. The topological polar surface area (TPSA) is 38.8 Å². The van der Waals surface area contributed by atoms with Crippen molar-refractivity contribution < 1.29 is 14.3 Å². The molecule has 5 heteroatoms. The SMILES string of the molecule is CCOc1cc(/C=C2\CN(CC)CCC2=O)cc(Br)c1OC. The van der Waals surface area contributed by atoms with Crippen molar-refractivity contribution >= 4 is 27.8 Å². The highest BCUT2D eigenvalue weighted by Gasteiger charge is 2.20. The van der Waals surface area contributed by atoms with Crippen molar-refractivity contribution in [2.24, 2.45) is 0 Å². The van der Waals surface area contributed by atoms with Gasteiger partial charge in [-0.05, 0) is 53.2 Å². The summed E-state index contributed by atoms with van der Waals surface area (Å²) < 4.78 is 11.8. The Kier molecular flexibility index (Phi) is 6.03. The number of halogens is 1. The maximum absolute atomic E-state index is 12.1. The summed E-state index contributed by atoms with van der Waals surface area (Å²) >= 11 is 3.50. The van der Waals surface area contributed by atoms with Gasteiger partial charge < -0.3 is 9.47 Å². The third kappa shape index (κ3) is 3.90. The number of hydrogen-bond donors (Lipinski definition) is 0. The minimum Gasteiger partial charge on any atom is -0.492 e. The first-order valence-corrected chi connectivity index (χ1v) is 8.34. The average Bonchev–Trinajstić information content (AvgIpc) is 2.50. The highest BCUT2D eigenvalue weighted by atomic mass is 79.9. The molecule has 1 aromatic rings. The lowest BCUT2D eigenvalue weighted by Crippen LogP contribution is -2.35. The molecule has 0 aromatic heterocycles. The van der Waals surface area contributed by atoms with Gasteiger partial charge in [0.2, 0.25) is 0 Å². The van der Waals surface area contributed by atoms with Crippen molar-refractivity contribution in [3.63, 3.8) is 0 Å². The first-order valence-electron chi connectivity index (χ1n) is 7.55. The maximum atomic E-state index is 12.1. The van der Waals surface area contributed by atoms with E-state index in [1.54, 1.807) is 7.11 Å². The molecular formula is C17H22BrNO3. The van der Waals surface area contributed by atoms with Gasteiger partial charge in [-0.25, -0.2) is 0 Å². The zero-order valence-electron chi connectivity index (χ0n) is 13.3. The van der Waals surface area contributed by atoms with Gasteiger partial charge in [-0.2, -0.15) is 0 Å². The number of carbonyl (C=O) groups is 1. The van der Waals surface area contributed by atoms with Gasteiger partial charge in [-0.1, -0.05) is 6.92 Å². The van der Waals surface area contributed by atoms with Crippen LogP contribution in [0.2, 0.25) is 0 Å². The second-order valence-electron chi connectivity index (χ2n) is 5.18. The van der Waals surface area contributed by atoms with Gasteiger partial charge in [-0.3, -0.25) is 9.69 Å². The predicted molar refractivity (Wildman–Crippen MR) is 91.6 cm³/mol. The number of likely N-dealkylation sites (N-methyl/N-ethyl adjacent to an activating group) is 1. The minimum absolute atomic E-state index is 0.231. The molecule has 120 valence electrons. The van der Waals surface area contributed by atoms with Gasteiger partial charge in [0.25, 0.3) is 0 Å². The molecule has 1 aromatic carbocycles. The first kappa shape index (κ1) is 17.0. The highest BCUT2D eigenvalue weighted by Crippen LogP contribution is 2.37. The van der Waals surface area contributed by atoms with Crippen molar-refractivity contribution in [1.82, 2.24) is 4.90 Å². The van der Waals surface area contributed by atoms with Gasteiger partial charge in [-0.15, -0.1) is 0 Å². The van der Waals surface area contributed by atoms with Crippen LogP contribution in [0, 0.1) is 0 Å². The van der Waals surface area contributed by atoms with E-state index >= 15 is 0 Å². The number of Topliss-reactive ketones (excluding diaryl/α,β-unsaturated/α-hetero) is 1. The fourth-order valence-electron chi connectivity index (χ4n) is 2.56. The van der Waals surface area contributed by atoms with Crippen LogP contribution < -0.4 is 9.47 Å². The molecule has 0 unspecified atom stereocenters. The number of ether oxygens (including phenoxy) is 2. The number of carbonyl (C=O) groups excluding carboxylic acids is 1. The molecule has 1 saturated heterocycles. The summed E-state index contributed by atoms with van der Waals surface area (Å²) in [5, 5.41) is 0. The molecule has 1 aliphatic rings. The van der Waals surface area contributed by atoms with Crippen LogP contribution >= 0.6 is 15.9 Å². The lowest BCUT2D eigenvalue weighted by atomic mass is 10.0. The summed E-state index contributed by atoms with van der Waals surface area (Å²) in [6.07, 6.45) is 2.55. The third-order valence-corrected chi connectivity index (χ3v) is 4.32. The van der Waals surface area contributed by atoms with Gasteiger partial charge in [0, 0.05) is 25.1 Å². The molecule has 1 aliphatic heterocycles. The van der Waals surface area contributed by atoms with E-state index < -0.39 is 0 Å². The fraction of sp³-hybridized carbons (Fsp3) is 0.471. The molecule has 2 rings (SSSR count). The largest absolute Gasteiger partial charge is 0.492 e. The number of nitrogens with zero attached hydrogens (tertiary/aromatic N) is 1. The van der Waals surface area contributed by atoms with Gasteiger partial charge in [0.15, 0.2) is 17.3 Å². The zero-order valence-corrected chi connectivity index (χ0v) is 14.9.